The Morgan fingerprint density at radius 3 is 2.38 bits per heavy atom. The number of hydrogen-bond donors (Lipinski definition) is 0. The van der Waals surface area contributed by atoms with E-state index in [-0.39, 0.29) is 16.1 Å². The van der Waals surface area contributed by atoms with Gasteiger partial charge in [0.15, 0.2) is 0 Å². The first-order valence-electron chi connectivity index (χ1n) is 3.25. The van der Waals surface area contributed by atoms with E-state index >= 15 is 0 Å². The van der Waals surface area contributed by atoms with Gasteiger partial charge in [-0.1, -0.05) is 23.2 Å². The number of aromatic nitrogens is 1. The van der Waals surface area contributed by atoms with Gasteiger partial charge in [0.25, 0.3) is 6.43 Å². The average Bonchev–Trinajstić information content (AvgIpc) is 2.02. The van der Waals surface area contributed by atoms with Gasteiger partial charge in [-0.05, 0) is 6.07 Å². The van der Waals surface area contributed by atoms with Crippen LogP contribution in [0, 0.1) is 0 Å². The van der Waals surface area contributed by atoms with Crippen LogP contribution in [0.2, 0.25) is 10.2 Å². The molecular formula is C7H4Cl3F2N. The van der Waals surface area contributed by atoms with Gasteiger partial charge in [0.2, 0.25) is 0 Å². The van der Waals surface area contributed by atoms with Gasteiger partial charge in [0.05, 0.1) is 22.2 Å². The summed E-state index contributed by atoms with van der Waals surface area (Å²) in [6.07, 6.45) is -2.73. The number of nitrogens with zero attached hydrogens (tertiary/aromatic N) is 1. The fourth-order valence-corrected chi connectivity index (χ4v) is 1.58. The third kappa shape index (κ3) is 2.42. The molecule has 0 bridgehead atoms. The molecule has 0 unspecified atom stereocenters. The summed E-state index contributed by atoms with van der Waals surface area (Å²) in [5.41, 5.74) is -0.0710. The molecule has 13 heavy (non-hydrogen) atoms. The summed E-state index contributed by atoms with van der Waals surface area (Å²) in [6.45, 7) is 0. The summed E-state index contributed by atoms with van der Waals surface area (Å²) < 4.78 is 24.6. The summed E-state index contributed by atoms with van der Waals surface area (Å²) in [7, 11) is 0. The van der Waals surface area contributed by atoms with Gasteiger partial charge in [0.1, 0.15) is 5.15 Å². The Morgan fingerprint density at radius 2 is 2.00 bits per heavy atom. The Morgan fingerprint density at radius 1 is 1.38 bits per heavy atom. The van der Waals surface area contributed by atoms with Crippen LogP contribution in [-0.4, -0.2) is 4.98 Å². The van der Waals surface area contributed by atoms with Crippen LogP contribution in [0.5, 0.6) is 0 Å². The second kappa shape index (κ2) is 4.40. The molecule has 0 aromatic carbocycles. The van der Waals surface area contributed by atoms with Crippen LogP contribution in [0.25, 0.3) is 0 Å². The largest absolute Gasteiger partial charge is 0.268 e. The van der Waals surface area contributed by atoms with E-state index in [9.17, 15) is 8.78 Å². The summed E-state index contributed by atoms with van der Waals surface area (Å²) in [5, 5.41) is -0.399. The zero-order chi connectivity index (χ0) is 10.0. The maximum absolute atomic E-state index is 12.3. The molecule has 0 saturated heterocycles. The molecule has 0 fully saturated rings. The molecular weight excluding hydrogens is 242 g/mol. The van der Waals surface area contributed by atoms with Crippen molar-refractivity contribution >= 4 is 34.8 Å². The van der Waals surface area contributed by atoms with Gasteiger partial charge in [-0.25, -0.2) is 13.8 Å². The van der Waals surface area contributed by atoms with Crippen LogP contribution in [0.3, 0.4) is 0 Å². The summed E-state index contributed by atoms with van der Waals surface area (Å²) in [5.74, 6) is 0.0863. The van der Waals surface area contributed by atoms with E-state index in [0.29, 0.717) is 5.69 Å². The topological polar surface area (TPSA) is 12.9 Å². The fourth-order valence-electron chi connectivity index (χ4n) is 0.804. The van der Waals surface area contributed by atoms with Crippen molar-refractivity contribution in [2.75, 3.05) is 0 Å². The van der Waals surface area contributed by atoms with Gasteiger partial charge in [-0.3, -0.25) is 0 Å². The minimum absolute atomic E-state index is 0.0863. The Balaban J connectivity index is 3.23. The Hall–Kier alpha value is -0.120. The molecule has 0 aliphatic carbocycles. The van der Waals surface area contributed by atoms with E-state index in [4.69, 9.17) is 34.8 Å². The van der Waals surface area contributed by atoms with E-state index in [2.05, 4.69) is 4.98 Å². The van der Waals surface area contributed by atoms with Crippen molar-refractivity contribution in [2.24, 2.45) is 0 Å². The van der Waals surface area contributed by atoms with Gasteiger partial charge in [-0.15, -0.1) is 11.6 Å². The highest BCUT2D eigenvalue weighted by Gasteiger charge is 2.18. The Kier molecular flexibility index (Phi) is 3.71. The number of halogens is 5. The quantitative estimate of drug-likeness (QED) is 0.566. The predicted molar refractivity (Wildman–Crippen MR) is 48.8 cm³/mol. The van der Waals surface area contributed by atoms with E-state index in [0.717, 1.165) is 0 Å². The van der Waals surface area contributed by atoms with Gasteiger partial charge in [-0.2, -0.15) is 0 Å². The molecule has 0 amide bonds. The Labute approximate surface area is 88.6 Å². The van der Waals surface area contributed by atoms with Crippen molar-refractivity contribution < 1.29 is 8.78 Å². The SMILES string of the molecule is FC(F)c1c(Cl)cc(CCl)nc1Cl. The van der Waals surface area contributed by atoms with Gasteiger partial charge >= 0.3 is 0 Å². The second-order valence-electron chi connectivity index (χ2n) is 2.23. The van der Waals surface area contributed by atoms with Crippen molar-refractivity contribution in [1.29, 1.82) is 0 Å². The van der Waals surface area contributed by atoms with E-state index in [1.54, 1.807) is 0 Å². The maximum atomic E-state index is 12.3. The van der Waals surface area contributed by atoms with Crippen LogP contribution in [0.4, 0.5) is 8.78 Å². The number of pyridine rings is 1. The minimum atomic E-state index is -2.73. The molecule has 0 N–H and O–H groups in total. The van der Waals surface area contributed by atoms with Crippen LogP contribution in [0.15, 0.2) is 6.07 Å². The highest BCUT2D eigenvalue weighted by atomic mass is 35.5. The van der Waals surface area contributed by atoms with Crippen molar-refractivity contribution in [3.63, 3.8) is 0 Å². The Bertz CT molecular complexity index is 294. The summed E-state index contributed by atoms with van der Waals surface area (Å²) in [6, 6.07) is 1.28. The molecule has 1 rings (SSSR count). The molecule has 1 heterocycles. The van der Waals surface area contributed by atoms with Crippen LogP contribution < -0.4 is 0 Å². The lowest BCUT2D eigenvalue weighted by Crippen LogP contribution is -1.94. The molecule has 0 saturated carbocycles. The lowest BCUT2D eigenvalue weighted by atomic mass is 10.2. The third-order valence-corrected chi connectivity index (χ3v) is 2.24. The van der Waals surface area contributed by atoms with Crippen molar-refractivity contribution in [1.82, 2.24) is 4.98 Å². The first-order chi connectivity index (χ1) is 6.06. The predicted octanol–water partition coefficient (Wildman–Crippen LogP) is 4.06. The number of alkyl halides is 3. The first kappa shape index (κ1) is 11.0. The van der Waals surface area contributed by atoms with Crippen LogP contribution >= 0.6 is 34.8 Å². The molecule has 1 nitrogen and oxygen atoms in total. The normalized spacial score (nSPS) is 10.9. The van der Waals surface area contributed by atoms with E-state index in [1.165, 1.54) is 6.07 Å². The smallest absolute Gasteiger partial charge is 0.239 e. The monoisotopic (exact) mass is 245 g/mol. The zero-order valence-corrected chi connectivity index (χ0v) is 8.47. The number of hydrogen-bond acceptors (Lipinski definition) is 1. The number of rotatable bonds is 2. The van der Waals surface area contributed by atoms with E-state index < -0.39 is 12.0 Å². The van der Waals surface area contributed by atoms with Gasteiger partial charge in [0, 0.05) is 0 Å². The average molecular weight is 246 g/mol. The fraction of sp³-hybridized carbons (Fsp3) is 0.286. The summed E-state index contributed by atoms with van der Waals surface area (Å²) in [4.78, 5) is 3.64. The lowest BCUT2D eigenvalue weighted by Gasteiger charge is -2.06. The maximum Gasteiger partial charge on any atom is 0.268 e. The molecule has 1 aromatic rings. The summed E-state index contributed by atoms with van der Waals surface area (Å²) >= 11 is 16.5. The minimum Gasteiger partial charge on any atom is -0.239 e. The van der Waals surface area contributed by atoms with Gasteiger partial charge < -0.3 is 0 Å². The zero-order valence-electron chi connectivity index (χ0n) is 6.20. The van der Waals surface area contributed by atoms with Crippen molar-refractivity contribution in [3.8, 4) is 0 Å². The van der Waals surface area contributed by atoms with Crippen LogP contribution in [0.1, 0.15) is 17.7 Å². The second-order valence-corrected chi connectivity index (χ2v) is 3.27. The standard InChI is InChI=1S/C7H4Cl3F2N/c8-2-3-1-4(9)5(7(11)12)6(10)13-3/h1,7H,2H2. The van der Waals surface area contributed by atoms with Crippen molar-refractivity contribution in [3.05, 3.63) is 27.5 Å². The molecule has 0 aliphatic rings. The molecule has 0 spiro atoms. The molecule has 0 atom stereocenters. The molecule has 0 aliphatic heterocycles. The highest BCUT2D eigenvalue weighted by Crippen LogP contribution is 2.32. The molecule has 6 heteroatoms. The third-order valence-electron chi connectivity index (χ3n) is 1.37. The van der Waals surface area contributed by atoms with Crippen molar-refractivity contribution in [2.45, 2.75) is 12.3 Å². The lowest BCUT2D eigenvalue weighted by molar-refractivity contribution is 0.151. The van der Waals surface area contributed by atoms with E-state index in [1.807, 2.05) is 0 Å². The highest BCUT2D eigenvalue weighted by molar-refractivity contribution is 6.35. The first-order valence-corrected chi connectivity index (χ1v) is 4.54. The molecule has 1 aromatic heterocycles. The molecule has 72 valence electrons. The molecule has 0 radical (unpaired) electrons. The van der Waals surface area contributed by atoms with Crippen LogP contribution in [-0.2, 0) is 5.88 Å².